The summed E-state index contributed by atoms with van der Waals surface area (Å²) in [5.41, 5.74) is 4.48. The zero-order valence-corrected chi connectivity index (χ0v) is 28.7. The highest BCUT2D eigenvalue weighted by Crippen LogP contribution is 2.56. The molecule has 0 radical (unpaired) electrons. The number of Topliss-reactive ketones (excluding diaryl/α,β-unsaturated/α-hetero) is 1. The van der Waals surface area contributed by atoms with Crippen molar-refractivity contribution in [3.63, 3.8) is 0 Å². The third kappa shape index (κ3) is 6.38. The number of carbonyl (C=O) groups is 2. The number of anilines is 2. The summed E-state index contributed by atoms with van der Waals surface area (Å²) in [4.78, 5) is 41.6. The molecular formula is C39H39N5O6. The summed E-state index contributed by atoms with van der Waals surface area (Å²) in [7, 11) is 6.53. The lowest BCUT2D eigenvalue weighted by molar-refractivity contribution is -0.120. The van der Waals surface area contributed by atoms with Crippen molar-refractivity contribution in [1.29, 1.82) is 0 Å². The molecule has 256 valence electrons. The van der Waals surface area contributed by atoms with Crippen molar-refractivity contribution in [3.8, 4) is 34.3 Å². The smallest absolute Gasteiger partial charge is 0.229 e. The molecule has 2 unspecified atom stereocenters. The first kappa shape index (κ1) is 32.8. The van der Waals surface area contributed by atoms with E-state index in [-0.39, 0.29) is 29.4 Å². The van der Waals surface area contributed by atoms with Crippen molar-refractivity contribution < 1.29 is 28.5 Å². The van der Waals surface area contributed by atoms with Gasteiger partial charge in [0.05, 0.1) is 34.1 Å². The molecule has 1 amide bonds. The van der Waals surface area contributed by atoms with Crippen LogP contribution in [0.3, 0.4) is 0 Å². The predicted octanol–water partition coefficient (Wildman–Crippen LogP) is 6.41. The number of amides is 1. The molecule has 11 nitrogen and oxygen atoms in total. The maximum Gasteiger partial charge on any atom is 0.229 e. The lowest BCUT2D eigenvalue weighted by Crippen LogP contribution is -2.24. The maximum absolute atomic E-state index is 13.2. The van der Waals surface area contributed by atoms with Gasteiger partial charge in [-0.25, -0.2) is 9.97 Å². The number of aryl methyl sites for hydroxylation is 1. The summed E-state index contributed by atoms with van der Waals surface area (Å²) in [6.07, 6.45) is 6.31. The summed E-state index contributed by atoms with van der Waals surface area (Å²) in [5, 5.41) is 4.66. The van der Waals surface area contributed by atoms with Crippen molar-refractivity contribution in [3.05, 3.63) is 89.9 Å². The van der Waals surface area contributed by atoms with Crippen LogP contribution in [-0.4, -0.2) is 55.1 Å². The summed E-state index contributed by atoms with van der Waals surface area (Å²) in [6, 6.07) is 17.4. The zero-order chi connectivity index (χ0) is 34.9. The summed E-state index contributed by atoms with van der Waals surface area (Å²) >= 11 is 0. The lowest BCUT2D eigenvalue weighted by atomic mass is 10.0. The molecule has 0 saturated heterocycles. The molecule has 50 heavy (non-hydrogen) atoms. The second kappa shape index (κ2) is 13.7. The Balaban J connectivity index is 1.35. The number of aromatic nitrogens is 3. The molecule has 11 heteroatoms. The van der Waals surface area contributed by atoms with E-state index in [4.69, 9.17) is 28.9 Å². The third-order valence-electron chi connectivity index (χ3n) is 9.83. The van der Waals surface area contributed by atoms with E-state index in [2.05, 4.69) is 15.2 Å². The van der Waals surface area contributed by atoms with Crippen LogP contribution in [0.5, 0.6) is 23.0 Å². The first-order valence-electron chi connectivity index (χ1n) is 16.5. The van der Waals surface area contributed by atoms with E-state index in [0.717, 1.165) is 38.7 Å². The molecule has 2 fully saturated rings. The van der Waals surface area contributed by atoms with Gasteiger partial charge < -0.3 is 29.2 Å². The van der Waals surface area contributed by atoms with Gasteiger partial charge in [-0.2, -0.15) is 0 Å². The van der Waals surface area contributed by atoms with E-state index >= 15 is 0 Å². The molecule has 3 heterocycles. The Hall–Kier alpha value is -5.71. The molecular weight excluding hydrogens is 634 g/mol. The van der Waals surface area contributed by atoms with Crippen molar-refractivity contribution in [2.45, 2.75) is 32.9 Å². The van der Waals surface area contributed by atoms with Gasteiger partial charge in [-0.3, -0.25) is 14.6 Å². The highest BCUT2D eigenvalue weighted by atomic mass is 16.5. The number of ether oxygens (including phenoxy) is 4. The number of fused-ring (bicyclic) bond motifs is 2. The number of rotatable bonds is 12. The lowest BCUT2D eigenvalue weighted by Gasteiger charge is -2.28. The number of hydrogen-bond acceptors (Lipinski definition) is 10. The topological polar surface area (TPSA) is 125 Å². The fourth-order valence-electron chi connectivity index (χ4n) is 7.10. The van der Waals surface area contributed by atoms with Gasteiger partial charge in [0.15, 0.2) is 0 Å². The van der Waals surface area contributed by atoms with Crippen LogP contribution in [0.2, 0.25) is 0 Å². The average molecular weight is 674 g/mol. The summed E-state index contributed by atoms with van der Waals surface area (Å²) in [6.45, 7) is 2.86. The molecule has 2 aliphatic rings. The molecule has 0 spiro atoms. The van der Waals surface area contributed by atoms with E-state index in [1.165, 1.54) is 0 Å². The Labute approximate surface area is 290 Å². The second-order valence-corrected chi connectivity index (χ2v) is 12.8. The second-order valence-electron chi connectivity index (χ2n) is 12.8. The molecule has 3 aromatic heterocycles. The Bertz CT molecular complexity index is 2030. The first-order chi connectivity index (χ1) is 24.3. The third-order valence-corrected chi connectivity index (χ3v) is 9.83. The first-order valence-corrected chi connectivity index (χ1v) is 16.5. The van der Waals surface area contributed by atoms with E-state index in [0.29, 0.717) is 60.6 Å². The van der Waals surface area contributed by atoms with E-state index < -0.39 is 0 Å². The number of ketones is 1. The highest BCUT2D eigenvalue weighted by Gasteiger charge is 2.59. The van der Waals surface area contributed by atoms with Gasteiger partial charge in [-0.05, 0) is 72.2 Å². The van der Waals surface area contributed by atoms with E-state index in [1.807, 2.05) is 67.7 Å². The number of benzene rings is 2. The molecule has 5 aromatic rings. The number of methoxy groups -OCH3 is 4. The number of nitrogens with zero attached hydrogens (tertiary/aromatic N) is 4. The van der Waals surface area contributed by atoms with Gasteiger partial charge in [0, 0.05) is 84.6 Å². The Morgan fingerprint density at radius 2 is 1.48 bits per heavy atom. The highest BCUT2D eigenvalue weighted by molar-refractivity contribution is 6.00. The maximum atomic E-state index is 13.2. The molecule has 0 aliphatic heterocycles. The van der Waals surface area contributed by atoms with Crippen LogP contribution >= 0.6 is 0 Å². The van der Waals surface area contributed by atoms with Gasteiger partial charge in [-0.1, -0.05) is 0 Å². The van der Waals surface area contributed by atoms with Crippen molar-refractivity contribution in [2.24, 2.45) is 17.8 Å². The van der Waals surface area contributed by atoms with E-state index in [1.54, 1.807) is 40.8 Å². The minimum atomic E-state index is -0.138. The minimum Gasteiger partial charge on any atom is -0.497 e. The van der Waals surface area contributed by atoms with Gasteiger partial charge >= 0.3 is 0 Å². The number of pyridine rings is 3. The summed E-state index contributed by atoms with van der Waals surface area (Å²) in [5.74, 6) is 4.17. The van der Waals surface area contributed by atoms with Gasteiger partial charge in [-0.15, -0.1) is 0 Å². The van der Waals surface area contributed by atoms with Crippen LogP contribution in [0, 0.1) is 24.7 Å². The van der Waals surface area contributed by atoms with Gasteiger partial charge in [0.25, 0.3) is 0 Å². The molecule has 2 aromatic carbocycles. The molecule has 7 rings (SSSR count). The Morgan fingerprint density at radius 3 is 2.06 bits per heavy atom. The molecule has 2 aliphatic carbocycles. The van der Waals surface area contributed by atoms with Crippen LogP contribution < -0.4 is 29.2 Å². The van der Waals surface area contributed by atoms with Crippen LogP contribution in [0.1, 0.15) is 29.5 Å². The standard InChI is InChI=1S/C39H39N5O6/c1-22-10-11-40-18-31(22)33-12-25-13-36(43-39(46)37-29-14-26(45)15-30(29)37)41-19-32(25)38(42-33)44(20-23-6-8-27(47-2)16-34(23)49-4)21-24-7-9-28(48-3)17-35(24)50-5/h6-13,16-19,29-30,37H,14-15,20-21H2,1-5H3,(H,41,43,46). The van der Waals surface area contributed by atoms with Crippen molar-refractivity contribution in [2.75, 3.05) is 38.7 Å². The number of nitrogens with one attached hydrogen (secondary N) is 1. The van der Waals surface area contributed by atoms with Gasteiger partial charge in [0.2, 0.25) is 5.91 Å². The van der Waals surface area contributed by atoms with Crippen LogP contribution in [0.25, 0.3) is 22.0 Å². The van der Waals surface area contributed by atoms with Crippen LogP contribution in [-0.2, 0) is 22.7 Å². The monoisotopic (exact) mass is 673 g/mol. The molecule has 1 N–H and O–H groups in total. The normalized spacial score (nSPS) is 17.6. The minimum absolute atomic E-state index is 0.0863. The number of carbonyl (C=O) groups excluding carboxylic acids is 2. The van der Waals surface area contributed by atoms with E-state index in [9.17, 15) is 9.59 Å². The quantitative estimate of drug-likeness (QED) is 0.159. The number of hydrogen-bond donors (Lipinski definition) is 1. The molecule has 0 bridgehead atoms. The van der Waals surface area contributed by atoms with Crippen molar-refractivity contribution in [1.82, 2.24) is 15.0 Å². The van der Waals surface area contributed by atoms with Crippen LogP contribution in [0.15, 0.2) is 73.2 Å². The summed E-state index contributed by atoms with van der Waals surface area (Å²) < 4.78 is 22.6. The fraction of sp³-hybridized carbons (Fsp3) is 0.308. The zero-order valence-electron chi connectivity index (χ0n) is 28.7. The molecule has 2 saturated carbocycles. The van der Waals surface area contributed by atoms with Crippen molar-refractivity contribution >= 4 is 34.1 Å². The predicted molar refractivity (Wildman–Crippen MR) is 190 cm³/mol. The van der Waals surface area contributed by atoms with Gasteiger partial charge in [0.1, 0.15) is 40.4 Å². The molecule has 2 atom stereocenters. The Kier molecular flexibility index (Phi) is 8.96. The Morgan fingerprint density at radius 1 is 0.840 bits per heavy atom. The largest absolute Gasteiger partial charge is 0.497 e. The van der Waals surface area contributed by atoms with Crippen LogP contribution in [0.4, 0.5) is 11.6 Å². The average Bonchev–Trinajstić information content (AvgIpc) is 3.66. The SMILES string of the molecule is COc1ccc(CN(Cc2ccc(OC)cc2OC)c2nc(-c3cnccc3C)cc3cc(NC(=O)C4C5CC(=O)CC54)ncc23)c(OC)c1. The fourth-order valence-corrected chi connectivity index (χ4v) is 7.10.